The number of nitrogens with zero attached hydrogens (tertiary/aromatic N) is 3. The van der Waals surface area contributed by atoms with Crippen LogP contribution < -0.4 is 5.73 Å². The molecular weight excluding hydrogens is 272 g/mol. The molecule has 1 aromatic rings. The highest BCUT2D eigenvalue weighted by Crippen LogP contribution is 2.10. The smallest absolute Gasteiger partial charge is 0.236 e. The summed E-state index contributed by atoms with van der Waals surface area (Å²) >= 11 is 5.02. The molecule has 0 radical (unpaired) electrons. The lowest BCUT2D eigenvalue weighted by atomic mass is 10.1. The van der Waals surface area contributed by atoms with Crippen LogP contribution in [-0.4, -0.2) is 52.9 Å². The predicted molar refractivity (Wildman–Crippen MR) is 84.4 cm³/mol. The highest BCUT2D eigenvalue weighted by atomic mass is 32.1. The van der Waals surface area contributed by atoms with Gasteiger partial charge in [-0.3, -0.25) is 14.7 Å². The van der Waals surface area contributed by atoms with Crippen LogP contribution in [0.1, 0.15) is 24.6 Å². The normalized spacial score (nSPS) is 10.6. The molecule has 0 bridgehead atoms. The van der Waals surface area contributed by atoms with Gasteiger partial charge in [0.2, 0.25) is 5.91 Å². The van der Waals surface area contributed by atoms with E-state index in [0.29, 0.717) is 18.8 Å². The average Bonchev–Trinajstić information content (AvgIpc) is 2.39. The van der Waals surface area contributed by atoms with Crippen molar-refractivity contribution >= 4 is 23.1 Å². The molecule has 0 aliphatic rings. The van der Waals surface area contributed by atoms with Crippen molar-refractivity contribution in [1.29, 1.82) is 0 Å². The minimum Gasteiger partial charge on any atom is -0.388 e. The van der Waals surface area contributed by atoms with Crippen LogP contribution in [0.15, 0.2) is 18.3 Å². The molecule has 0 aromatic carbocycles. The first-order chi connectivity index (χ1) is 9.45. The Morgan fingerprint density at radius 2 is 2.15 bits per heavy atom. The molecule has 5 nitrogen and oxygen atoms in total. The minimum absolute atomic E-state index is 0.0826. The van der Waals surface area contributed by atoms with E-state index < -0.39 is 0 Å². The van der Waals surface area contributed by atoms with Crippen molar-refractivity contribution in [2.45, 2.75) is 19.9 Å². The molecule has 110 valence electrons. The van der Waals surface area contributed by atoms with Crippen LogP contribution in [0.5, 0.6) is 0 Å². The summed E-state index contributed by atoms with van der Waals surface area (Å²) in [5, 5.41) is 0. The van der Waals surface area contributed by atoms with Gasteiger partial charge in [0.1, 0.15) is 10.7 Å². The lowest BCUT2D eigenvalue weighted by Crippen LogP contribution is -2.37. The highest BCUT2D eigenvalue weighted by molar-refractivity contribution is 7.80. The average molecular weight is 294 g/mol. The van der Waals surface area contributed by atoms with E-state index in [1.807, 2.05) is 12.1 Å². The highest BCUT2D eigenvalue weighted by Gasteiger charge is 2.15. The Hall–Kier alpha value is -1.53. The number of rotatable bonds is 7. The van der Waals surface area contributed by atoms with Gasteiger partial charge < -0.3 is 10.6 Å². The van der Waals surface area contributed by atoms with E-state index in [4.69, 9.17) is 18.0 Å². The standard InChI is InChI=1S/C14H22N4OS/c1-4-8-18(10-12(19)17(2)3)9-11-6-5-7-16-13(11)14(15)20/h5-7H,4,8-10H2,1-3H3,(H2,15,20). The Morgan fingerprint density at radius 3 is 2.70 bits per heavy atom. The summed E-state index contributed by atoms with van der Waals surface area (Å²) in [4.78, 5) is 20.0. The van der Waals surface area contributed by atoms with Crippen molar-refractivity contribution in [2.24, 2.45) is 5.73 Å². The number of amides is 1. The number of likely N-dealkylation sites (N-methyl/N-ethyl adjacent to an activating group) is 1. The first-order valence-electron chi connectivity index (χ1n) is 6.62. The summed E-state index contributed by atoms with van der Waals surface area (Å²) in [5.41, 5.74) is 7.29. The van der Waals surface area contributed by atoms with Crippen LogP contribution in [0, 0.1) is 0 Å². The summed E-state index contributed by atoms with van der Waals surface area (Å²) < 4.78 is 0. The third kappa shape index (κ3) is 4.86. The van der Waals surface area contributed by atoms with Crippen molar-refractivity contribution < 1.29 is 4.79 Å². The Morgan fingerprint density at radius 1 is 1.45 bits per heavy atom. The van der Waals surface area contributed by atoms with Crippen LogP contribution >= 0.6 is 12.2 Å². The summed E-state index contributed by atoms with van der Waals surface area (Å²) in [6, 6.07) is 3.80. The monoisotopic (exact) mass is 294 g/mol. The summed E-state index contributed by atoms with van der Waals surface area (Å²) in [5.74, 6) is 0.0826. The Labute approximate surface area is 125 Å². The molecule has 0 saturated heterocycles. The van der Waals surface area contributed by atoms with Gasteiger partial charge in [-0.1, -0.05) is 25.2 Å². The SMILES string of the molecule is CCCN(CC(=O)N(C)C)Cc1cccnc1C(N)=S. The molecule has 0 spiro atoms. The Kier molecular flexibility index (Phi) is 6.54. The van der Waals surface area contributed by atoms with Gasteiger partial charge in [0, 0.05) is 26.8 Å². The molecule has 0 unspecified atom stereocenters. The summed E-state index contributed by atoms with van der Waals surface area (Å²) in [6.07, 6.45) is 2.65. The molecule has 0 fully saturated rings. The van der Waals surface area contributed by atoms with Gasteiger partial charge in [-0.25, -0.2) is 0 Å². The molecular formula is C14H22N4OS. The minimum atomic E-state index is 0.0826. The topological polar surface area (TPSA) is 62.5 Å². The fraction of sp³-hybridized carbons (Fsp3) is 0.500. The summed E-state index contributed by atoms with van der Waals surface area (Å²) in [6.45, 7) is 3.93. The molecule has 0 aliphatic carbocycles. The zero-order valence-electron chi connectivity index (χ0n) is 12.3. The third-order valence-electron chi connectivity index (χ3n) is 2.92. The van der Waals surface area contributed by atoms with Gasteiger partial charge >= 0.3 is 0 Å². The van der Waals surface area contributed by atoms with Crippen molar-refractivity contribution in [3.8, 4) is 0 Å². The van der Waals surface area contributed by atoms with Gasteiger partial charge in [-0.2, -0.15) is 0 Å². The number of hydrogen-bond donors (Lipinski definition) is 1. The molecule has 1 amide bonds. The van der Waals surface area contributed by atoms with Gasteiger partial charge in [-0.15, -0.1) is 0 Å². The van der Waals surface area contributed by atoms with Crippen molar-refractivity contribution in [2.75, 3.05) is 27.2 Å². The third-order valence-corrected chi connectivity index (χ3v) is 3.11. The number of pyridine rings is 1. The predicted octanol–water partition coefficient (Wildman–Crippen LogP) is 1.02. The summed E-state index contributed by atoms with van der Waals surface area (Å²) in [7, 11) is 3.52. The van der Waals surface area contributed by atoms with Crippen LogP contribution in [0.2, 0.25) is 0 Å². The van der Waals surface area contributed by atoms with Gasteiger partial charge in [0.15, 0.2) is 0 Å². The molecule has 1 heterocycles. The maximum Gasteiger partial charge on any atom is 0.236 e. The molecule has 0 saturated carbocycles. The fourth-order valence-corrected chi connectivity index (χ4v) is 2.08. The molecule has 1 rings (SSSR count). The van der Waals surface area contributed by atoms with Crippen molar-refractivity contribution in [3.05, 3.63) is 29.6 Å². The molecule has 6 heteroatoms. The molecule has 0 atom stereocenters. The number of aromatic nitrogens is 1. The maximum atomic E-state index is 11.9. The van der Waals surface area contributed by atoms with Gasteiger partial charge in [0.05, 0.1) is 6.54 Å². The van der Waals surface area contributed by atoms with E-state index in [0.717, 1.165) is 18.5 Å². The van der Waals surface area contributed by atoms with Crippen LogP contribution in [-0.2, 0) is 11.3 Å². The van der Waals surface area contributed by atoms with E-state index in [1.165, 1.54) is 0 Å². The first kappa shape index (κ1) is 16.5. The van der Waals surface area contributed by atoms with Gasteiger partial charge in [0.25, 0.3) is 0 Å². The fourth-order valence-electron chi connectivity index (χ4n) is 1.89. The lowest BCUT2D eigenvalue weighted by Gasteiger charge is -2.23. The number of hydrogen-bond acceptors (Lipinski definition) is 4. The van der Waals surface area contributed by atoms with Crippen molar-refractivity contribution in [3.63, 3.8) is 0 Å². The number of nitrogens with two attached hydrogens (primary N) is 1. The van der Waals surface area contributed by atoms with E-state index in [2.05, 4.69) is 16.8 Å². The van der Waals surface area contributed by atoms with Crippen LogP contribution in [0.4, 0.5) is 0 Å². The van der Waals surface area contributed by atoms with E-state index in [-0.39, 0.29) is 10.9 Å². The molecule has 2 N–H and O–H groups in total. The second kappa shape index (κ2) is 7.91. The van der Waals surface area contributed by atoms with Gasteiger partial charge in [-0.05, 0) is 24.6 Å². The second-order valence-corrected chi connectivity index (χ2v) is 5.31. The molecule has 1 aromatic heterocycles. The second-order valence-electron chi connectivity index (χ2n) is 4.87. The Bertz CT molecular complexity index is 476. The van der Waals surface area contributed by atoms with E-state index >= 15 is 0 Å². The van der Waals surface area contributed by atoms with Crippen LogP contribution in [0.3, 0.4) is 0 Å². The van der Waals surface area contributed by atoms with E-state index in [1.54, 1.807) is 25.2 Å². The van der Waals surface area contributed by atoms with Crippen LogP contribution in [0.25, 0.3) is 0 Å². The first-order valence-corrected chi connectivity index (χ1v) is 7.02. The molecule has 0 aliphatic heterocycles. The van der Waals surface area contributed by atoms with Crippen molar-refractivity contribution in [1.82, 2.24) is 14.8 Å². The zero-order chi connectivity index (χ0) is 15.1. The number of thiocarbonyl (C=S) groups is 1. The van der Waals surface area contributed by atoms with E-state index in [9.17, 15) is 4.79 Å². The maximum absolute atomic E-state index is 11.9. The zero-order valence-corrected chi connectivity index (χ0v) is 13.1. The quantitative estimate of drug-likeness (QED) is 0.761. The largest absolute Gasteiger partial charge is 0.388 e. The lowest BCUT2D eigenvalue weighted by molar-refractivity contribution is -0.130. The molecule has 20 heavy (non-hydrogen) atoms. The Balaban J connectivity index is 2.85. The number of carbonyl (C=O) groups is 1. The number of carbonyl (C=O) groups excluding carboxylic acids is 1.